The van der Waals surface area contributed by atoms with Crippen LogP contribution in [0.5, 0.6) is 0 Å². The first-order valence-corrected chi connectivity index (χ1v) is 4.48. The zero-order valence-corrected chi connectivity index (χ0v) is 8.14. The van der Waals surface area contributed by atoms with Gasteiger partial charge in [-0.1, -0.05) is 6.08 Å². The maximum atomic E-state index is 9.59. The van der Waals surface area contributed by atoms with Gasteiger partial charge in [0.2, 0.25) is 0 Å². The minimum atomic E-state index is -0.468. The normalized spacial score (nSPS) is 13.2. The third kappa shape index (κ3) is 2.42. The largest absolute Gasteiger partial charge is 0.388 e. The van der Waals surface area contributed by atoms with Gasteiger partial charge in [0, 0.05) is 17.8 Å². The predicted molar refractivity (Wildman–Crippen MR) is 52.4 cm³/mol. The van der Waals surface area contributed by atoms with Crippen LogP contribution in [0.25, 0.3) is 0 Å². The molecule has 0 spiro atoms. The molecule has 1 unspecified atom stereocenters. The third-order valence-electron chi connectivity index (χ3n) is 1.93. The van der Waals surface area contributed by atoms with Crippen LogP contribution >= 0.6 is 0 Å². The number of aliphatic hydroxyl groups is 1. The Morgan fingerprint density at radius 1 is 1.69 bits per heavy atom. The molecule has 0 amide bonds. The molecule has 0 aliphatic carbocycles. The summed E-state index contributed by atoms with van der Waals surface area (Å²) in [5.74, 6) is 0. The van der Waals surface area contributed by atoms with Crippen LogP contribution in [0.2, 0.25) is 0 Å². The van der Waals surface area contributed by atoms with E-state index in [4.69, 9.17) is 0 Å². The second-order valence-electron chi connectivity index (χ2n) is 3.39. The number of aromatic nitrogens is 2. The van der Waals surface area contributed by atoms with Gasteiger partial charge in [-0.15, -0.1) is 6.58 Å². The van der Waals surface area contributed by atoms with Gasteiger partial charge in [-0.05, 0) is 20.3 Å². The van der Waals surface area contributed by atoms with Crippen LogP contribution in [0.1, 0.15) is 38.0 Å². The lowest BCUT2D eigenvalue weighted by Crippen LogP contribution is -2.00. The van der Waals surface area contributed by atoms with Crippen LogP contribution < -0.4 is 0 Å². The molecule has 72 valence electrons. The van der Waals surface area contributed by atoms with Gasteiger partial charge in [0.1, 0.15) is 0 Å². The number of hydrogen-bond donors (Lipinski definition) is 1. The Hall–Kier alpha value is -1.09. The Morgan fingerprint density at radius 2 is 2.38 bits per heavy atom. The lowest BCUT2D eigenvalue weighted by molar-refractivity contribution is 0.181. The summed E-state index contributed by atoms with van der Waals surface area (Å²) in [5, 5.41) is 13.7. The van der Waals surface area contributed by atoms with E-state index in [1.807, 2.05) is 10.9 Å². The fraction of sp³-hybridized carbons (Fsp3) is 0.500. The summed E-state index contributed by atoms with van der Waals surface area (Å²) in [6.45, 7) is 7.69. The van der Waals surface area contributed by atoms with Gasteiger partial charge in [-0.2, -0.15) is 5.10 Å². The standard InChI is InChI=1S/C10H16N2O/c1-4-5-10(13)9-6-11-12(7-9)8(2)3/h4,6-8,10,13H,1,5H2,2-3H3. The molecular weight excluding hydrogens is 164 g/mol. The van der Waals surface area contributed by atoms with E-state index in [0.29, 0.717) is 12.5 Å². The number of aliphatic hydroxyl groups excluding tert-OH is 1. The molecule has 0 aliphatic heterocycles. The average molecular weight is 180 g/mol. The Kier molecular flexibility index (Phi) is 3.25. The smallest absolute Gasteiger partial charge is 0.0854 e. The Morgan fingerprint density at radius 3 is 2.85 bits per heavy atom. The van der Waals surface area contributed by atoms with E-state index in [1.54, 1.807) is 12.3 Å². The second-order valence-corrected chi connectivity index (χ2v) is 3.39. The number of hydrogen-bond acceptors (Lipinski definition) is 2. The Bertz CT molecular complexity index is 278. The lowest BCUT2D eigenvalue weighted by Gasteiger charge is -2.05. The summed E-state index contributed by atoms with van der Waals surface area (Å²) in [5.41, 5.74) is 0.855. The van der Waals surface area contributed by atoms with Crippen molar-refractivity contribution in [3.8, 4) is 0 Å². The van der Waals surface area contributed by atoms with Crippen LogP contribution in [-0.2, 0) is 0 Å². The molecule has 1 heterocycles. The van der Waals surface area contributed by atoms with Gasteiger partial charge < -0.3 is 5.11 Å². The summed E-state index contributed by atoms with van der Waals surface area (Å²) in [7, 11) is 0. The van der Waals surface area contributed by atoms with Crippen molar-refractivity contribution in [2.24, 2.45) is 0 Å². The first-order chi connectivity index (χ1) is 6.15. The predicted octanol–water partition coefficient (Wildman–Crippen LogP) is 2.07. The van der Waals surface area contributed by atoms with Gasteiger partial charge in [-0.3, -0.25) is 4.68 Å². The molecule has 0 saturated carbocycles. The van der Waals surface area contributed by atoms with E-state index < -0.39 is 6.10 Å². The molecule has 0 radical (unpaired) electrons. The molecule has 1 N–H and O–H groups in total. The van der Waals surface area contributed by atoms with E-state index in [1.165, 1.54) is 0 Å². The van der Waals surface area contributed by atoms with Crippen LogP contribution in [0.15, 0.2) is 25.0 Å². The quantitative estimate of drug-likeness (QED) is 0.720. The van der Waals surface area contributed by atoms with Crippen molar-refractivity contribution < 1.29 is 5.11 Å². The summed E-state index contributed by atoms with van der Waals surface area (Å²) < 4.78 is 1.83. The fourth-order valence-electron chi connectivity index (χ4n) is 1.10. The maximum Gasteiger partial charge on any atom is 0.0854 e. The lowest BCUT2D eigenvalue weighted by atomic mass is 10.1. The highest BCUT2D eigenvalue weighted by atomic mass is 16.3. The van der Waals surface area contributed by atoms with Gasteiger partial charge in [0.05, 0.1) is 12.3 Å². The zero-order chi connectivity index (χ0) is 9.84. The summed E-state index contributed by atoms with van der Waals surface area (Å²) in [6.07, 6.45) is 5.39. The molecule has 3 nitrogen and oxygen atoms in total. The molecule has 1 aromatic rings. The van der Waals surface area contributed by atoms with Crippen molar-refractivity contribution in [3.63, 3.8) is 0 Å². The van der Waals surface area contributed by atoms with Crippen molar-refractivity contribution in [2.75, 3.05) is 0 Å². The average Bonchev–Trinajstić information content (AvgIpc) is 2.52. The van der Waals surface area contributed by atoms with Crippen molar-refractivity contribution in [2.45, 2.75) is 32.4 Å². The molecule has 1 atom stereocenters. The molecule has 1 aromatic heterocycles. The van der Waals surface area contributed by atoms with Crippen molar-refractivity contribution >= 4 is 0 Å². The second kappa shape index (κ2) is 4.23. The van der Waals surface area contributed by atoms with Crippen molar-refractivity contribution in [3.05, 3.63) is 30.6 Å². The van der Waals surface area contributed by atoms with Gasteiger partial charge >= 0.3 is 0 Å². The number of nitrogens with zero attached hydrogens (tertiary/aromatic N) is 2. The van der Waals surface area contributed by atoms with E-state index in [2.05, 4.69) is 25.5 Å². The van der Waals surface area contributed by atoms with E-state index >= 15 is 0 Å². The monoisotopic (exact) mass is 180 g/mol. The summed E-state index contributed by atoms with van der Waals surface area (Å²) >= 11 is 0. The number of rotatable bonds is 4. The molecule has 0 aromatic carbocycles. The SMILES string of the molecule is C=CCC(O)c1cnn(C(C)C)c1. The van der Waals surface area contributed by atoms with Gasteiger partial charge in [-0.25, -0.2) is 0 Å². The van der Waals surface area contributed by atoms with Crippen molar-refractivity contribution in [1.82, 2.24) is 9.78 Å². The van der Waals surface area contributed by atoms with Crippen molar-refractivity contribution in [1.29, 1.82) is 0 Å². The van der Waals surface area contributed by atoms with E-state index in [0.717, 1.165) is 5.56 Å². The minimum absolute atomic E-state index is 0.338. The minimum Gasteiger partial charge on any atom is -0.388 e. The van der Waals surface area contributed by atoms with Crippen LogP contribution in [-0.4, -0.2) is 14.9 Å². The third-order valence-corrected chi connectivity index (χ3v) is 1.93. The van der Waals surface area contributed by atoms with Gasteiger partial charge in [0.25, 0.3) is 0 Å². The maximum absolute atomic E-state index is 9.59. The molecule has 0 saturated heterocycles. The summed E-state index contributed by atoms with van der Waals surface area (Å²) in [4.78, 5) is 0. The molecule has 0 fully saturated rings. The molecule has 13 heavy (non-hydrogen) atoms. The van der Waals surface area contributed by atoms with Gasteiger partial charge in [0.15, 0.2) is 0 Å². The highest BCUT2D eigenvalue weighted by Crippen LogP contribution is 2.17. The first kappa shape index (κ1) is 9.99. The molecule has 3 heteroatoms. The highest BCUT2D eigenvalue weighted by molar-refractivity contribution is 5.09. The Balaban J connectivity index is 2.73. The Labute approximate surface area is 78.7 Å². The fourth-order valence-corrected chi connectivity index (χ4v) is 1.10. The molecular formula is C10H16N2O. The first-order valence-electron chi connectivity index (χ1n) is 4.48. The molecule has 0 aliphatic rings. The van der Waals surface area contributed by atoms with E-state index in [9.17, 15) is 5.11 Å². The van der Waals surface area contributed by atoms with Crippen LogP contribution in [0, 0.1) is 0 Å². The zero-order valence-electron chi connectivity index (χ0n) is 8.14. The topological polar surface area (TPSA) is 38.1 Å². The summed E-state index contributed by atoms with van der Waals surface area (Å²) in [6, 6.07) is 0.338. The van der Waals surface area contributed by atoms with Crippen LogP contribution in [0.4, 0.5) is 0 Å². The van der Waals surface area contributed by atoms with E-state index in [-0.39, 0.29) is 0 Å². The highest BCUT2D eigenvalue weighted by Gasteiger charge is 2.08. The van der Waals surface area contributed by atoms with Crippen LogP contribution in [0.3, 0.4) is 0 Å². The molecule has 0 bridgehead atoms. The molecule has 1 rings (SSSR count).